The summed E-state index contributed by atoms with van der Waals surface area (Å²) in [6.07, 6.45) is 4.68. The number of H-pyrrole nitrogens is 1. The molecular weight excluding hydrogens is 1070 g/mol. The minimum atomic E-state index is -1.85. The van der Waals surface area contributed by atoms with E-state index in [1.807, 2.05) is 6.07 Å². The summed E-state index contributed by atoms with van der Waals surface area (Å²) in [5.41, 5.74) is 8.20. The van der Waals surface area contributed by atoms with Gasteiger partial charge in [-0.25, -0.2) is 4.79 Å². The topological polar surface area (TPSA) is 373 Å². The van der Waals surface area contributed by atoms with E-state index in [2.05, 4.69) is 53.4 Å². The highest BCUT2D eigenvalue weighted by atomic mass is 33.1. The molecule has 1 aliphatic heterocycles. The van der Waals surface area contributed by atoms with Crippen molar-refractivity contribution in [3.8, 4) is 18.1 Å². The van der Waals surface area contributed by atoms with Crippen molar-refractivity contribution >= 4 is 85.7 Å². The summed E-state index contributed by atoms with van der Waals surface area (Å²) in [5, 5.41) is 62.7. The van der Waals surface area contributed by atoms with Gasteiger partial charge in [-0.2, -0.15) is 0 Å². The third-order valence-corrected chi connectivity index (χ3v) is 15.3. The Morgan fingerprint density at radius 3 is 2.04 bits per heavy atom. The van der Waals surface area contributed by atoms with E-state index in [9.17, 15) is 63.6 Å². The number of aliphatic hydroxyl groups excluding tert-OH is 2. The van der Waals surface area contributed by atoms with Crippen molar-refractivity contribution in [2.75, 3.05) is 18.1 Å². The smallest absolute Gasteiger partial charge is 0.328 e. The third kappa shape index (κ3) is 19.6. The molecule has 15 N–H and O–H groups in total. The van der Waals surface area contributed by atoms with Gasteiger partial charge in [0.15, 0.2) is 6.04 Å². The van der Waals surface area contributed by atoms with Crippen LogP contribution >= 0.6 is 21.6 Å². The first-order chi connectivity index (χ1) is 38.3. The quantitative estimate of drug-likeness (QED) is 0.0296. The number of para-hydroxylation sites is 1. The van der Waals surface area contributed by atoms with Gasteiger partial charge >= 0.3 is 5.97 Å². The monoisotopic (exact) mass is 1140 g/mol. The van der Waals surface area contributed by atoms with E-state index in [1.165, 1.54) is 31.2 Å². The number of aliphatic hydroxyl groups is 2. The summed E-state index contributed by atoms with van der Waals surface area (Å²) in [4.78, 5) is 130. The third-order valence-electron chi connectivity index (χ3n) is 12.9. The van der Waals surface area contributed by atoms with Gasteiger partial charge in [-0.1, -0.05) is 82.3 Å². The zero-order valence-electron chi connectivity index (χ0n) is 44.3. The molecule has 80 heavy (non-hydrogen) atoms. The molecule has 0 saturated carbocycles. The van der Waals surface area contributed by atoms with Crippen LogP contribution in [0.25, 0.3) is 10.9 Å². The summed E-state index contributed by atoms with van der Waals surface area (Å²) >= 11 is 0. The number of phenols is 1. The number of phenolic OH excluding ortho intramolecular Hbond substituents is 1. The zero-order chi connectivity index (χ0) is 58.3. The second-order valence-electron chi connectivity index (χ2n) is 19.3. The van der Waals surface area contributed by atoms with Gasteiger partial charge < -0.3 is 73.7 Å². The highest BCUT2D eigenvalue weighted by Crippen LogP contribution is 2.25. The molecular formula is C55H70N10O13S2. The first-order valence-corrected chi connectivity index (χ1v) is 28.5. The molecule has 1 saturated heterocycles. The first-order valence-electron chi connectivity index (χ1n) is 26.0. The van der Waals surface area contributed by atoms with Crippen LogP contribution in [0.1, 0.15) is 69.1 Å². The van der Waals surface area contributed by atoms with E-state index in [-0.39, 0.29) is 62.3 Å². The minimum absolute atomic E-state index is 0.0124. The summed E-state index contributed by atoms with van der Waals surface area (Å²) in [6.45, 7) is 2.53. The number of amides is 8. The molecule has 25 heteroatoms. The molecule has 8 amide bonds. The largest absolute Gasteiger partial charge is 0.508 e. The average molecular weight is 1140 g/mol. The second-order valence-corrected chi connectivity index (χ2v) is 21.8. The van der Waals surface area contributed by atoms with Crippen molar-refractivity contribution in [2.24, 2.45) is 5.73 Å². The number of aliphatic carboxylic acids is 1. The van der Waals surface area contributed by atoms with E-state index in [1.54, 1.807) is 54.7 Å². The maximum absolute atomic E-state index is 14.9. The molecule has 5 rings (SSSR count). The fourth-order valence-electron chi connectivity index (χ4n) is 8.50. The summed E-state index contributed by atoms with van der Waals surface area (Å²) < 4.78 is 0. The van der Waals surface area contributed by atoms with Gasteiger partial charge in [0.25, 0.3) is 0 Å². The van der Waals surface area contributed by atoms with Crippen LogP contribution in [0.2, 0.25) is 0 Å². The van der Waals surface area contributed by atoms with Gasteiger partial charge in [0.05, 0.1) is 12.2 Å². The first kappa shape index (κ1) is 63.2. The lowest BCUT2D eigenvalue weighted by Gasteiger charge is -2.29. The predicted octanol–water partition coefficient (Wildman–Crippen LogP) is -0.0465. The van der Waals surface area contributed by atoms with Crippen molar-refractivity contribution in [1.82, 2.24) is 47.5 Å². The SMILES string of the molecule is C#CCCCC(=O)N[C@H](Cc1ccccc1)C(=O)N[C@H]1CSSCC(C(=O)N[C@H](C(=O)O)[C@@H](C)O)NC(=O)C([C@@H](C)O)NC(=O)[C@H](CCCCN)NC(=O)[C@@H](Cc2c[nH]c3ccccc23)NC(=O)C(Cc2ccc(O)cc2)NC1=O. The lowest BCUT2D eigenvalue weighted by molar-refractivity contribution is -0.145. The van der Waals surface area contributed by atoms with Gasteiger partial charge in [-0.05, 0) is 81.0 Å². The Morgan fingerprint density at radius 2 is 1.38 bits per heavy atom. The average Bonchev–Trinajstić information content (AvgIpc) is 3.86. The Hall–Kier alpha value is -7.63. The molecule has 3 aromatic carbocycles. The number of nitrogens with two attached hydrogens (primary N) is 1. The molecule has 0 spiro atoms. The number of aromatic hydroxyl groups is 1. The summed E-state index contributed by atoms with van der Waals surface area (Å²) in [5.74, 6) is -7.04. The Balaban J connectivity index is 1.62. The Kier molecular flexibility index (Phi) is 25.1. The molecule has 2 heterocycles. The lowest BCUT2D eigenvalue weighted by atomic mass is 10.0. The number of benzene rings is 3. The fraction of sp³-hybridized carbons (Fsp3) is 0.436. The number of carboxylic acids is 1. The number of carboxylic acid groups (broad SMARTS) is 1. The molecule has 23 nitrogen and oxygen atoms in total. The van der Waals surface area contributed by atoms with Crippen molar-refractivity contribution in [3.05, 3.63) is 102 Å². The van der Waals surface area contributed by atoms with Gasteiger partial charge in [0, 0.05) is 60.7 Å². The highest BCUT2D eigenvalue weighted by Gasteiger charge is 2.37. The van der Waals surface area contributed by atoms with E-state index >= 15 is 0 Å². The normalized spacial score (nSPS) is 21.3. The Bertz CT molecular complexity index is 2810. The van der Waals surface area contributed by atoms with Crippen LogP contribution < -0.4 is 48.3 Å². The van der Waals surface area contributed by atoms with Gasteiger partial charge in [-0.3, -0.25) is 38.4 Å². The molecule has 1 fully saturated rings. The van der Waals surface area contributed by atoms with Gasteiger partial charge in [0.2, 0.25) is 47.3 Å². The molecule has 3 unspecified atom stereocenters. The number of unbranched alkanes of at least 4 members (excludes halogenated alkanes) is 2. The van der Waals surface area contributed by atoms with Crippen LogP contribution in [-0.2, 0) is 62.4 Å². The van der Waals surface area contributed by atoms with Crippen LogP contribution in [0.15, 0.2) is 85.1 Å². The van der Waals surface area contributed by atoms with Crippen LogP contribution in [0.3, 0.4) is 0 Å². The van der Waals surface area contributed by atoms with E-state index in [4.69, 9.17) is 12.2 Å². The molecule has 10 atom stereocenters. The predicted molar refractivity (Wildman–Crippen MR) is 301 cm³/mol. The number of terminal acetylenes is 1. The maximum Gasteiger partial charge on any atom is 0.328 e. The van der Waals surface area contributed by atoms with Crippen molar-refractivity contribution in [3.63, 3.8) is 0 Å². The number of rotatable bonds is 21. The van der Waals surface area contributed by atoms with Gasteiger partial charge in [0.1, 0.15) is 48.0 Å². The summed E-state index contributed by atoms with van der Waals surface area (Å²) in [7, 11) is 1.79. The molecule has 1 aromatic heterocycles. The number of aromatic amines is 1. The molecule has 0 radical (unpaired) electrons. The van der Waals surface area contributed by atoms with Crippen LogP contribution in [0.4, 0.5) is 0 Å². The van der Waals surface area contributed by atoms with Crippen molar-refractivity contribution in [1.29, 1.82) is 0 Å². The Morgan fingerprint density at radius 1 is 0.738 bits per heavy atom. The van der Waals surface area contributed by atoms with E-state index in [0.717, 1.165) is 28.5 Å². The lowest BCUT2D eigenvalue weighted by Crippen LogP contribution is -2.62. The number of carbonyl (C=O) groups excluding carboxylic acids is 8. The number of hydrogen-bond donors (Lipinski definition) is 14. The molecule has 1 aliphatic rings. The van der Waals surface area contributed by atoms with Gasteiger partial charge in [-0.15, -0.1) is 12.3 Å². The fourth-order valence-corrected chi connectivity index (χ4v) is 10.8. The van der Waals surface area contributed by atoms with Crippen LogP contribution in [0, 0.1) is 12.3 Å². The second kappa shape index (κ2) is 31.8. The number of hydrogen-bond acceptors (Lipinski definition) is 15. The van der Waals surface area contributed by atoms with Crippen LogP contribution in [0.5, 0.6) is 5.75 Å². The standard InChI is InChI=1S/C55H70N10O13S2/c1-4-5-7-19-45(69)58-40(25-33-14-8-6-9-15-33)49(71)62-43-29-79-80-30-44(53(75)65-47(32(3)67)55(77)78)63-54(76)46(31(2)66)64-48(70)39(18-12-13-24-56)59-51(73)42(27-35-28-57-38-17-11-10-16-37(35)38)61-50(72)41(60-52(43)74)26-34-20-22-36(68)23-21-34/h1,6,8-11,14-17,20-23,28,31-32,39-44,46-47,57,66-68H,5,7,12-13,18-19,24-27,29-30,56H2,2-3H3,(H,58,69)(H,59,73)(H,60,74)(H,61,72)(H,62,71)(H,63,76)(H,64,70)(H,65,75)(H,77,78)/t31-,32-,39+,40-,41?,42-,43+,44?,46?,47+/m1/s1. The minimum Gasteiger partial charge on any atom is -0.508 e. The van der Waals surface area contributed by atoms with Crippen LogP contribution in [-0.4, -0.2) is 157 Å². The zero-order valence-corrected chi connectivity index (χ0v) is 45.9. The van der Waals surface area contributed by atoms with E-state index in [0.29, 0.717) is 46.9 Å². The van der Waals surface area contributed by atoms with E-state index < -0.39 is 114 Å². The molecule has 4 aromatic rings. The molecule has 430 valence electrons. The number of aromatic nitrogens is 1. The maximum atomic E-state index is 14.9. The highest BCUT2D eigenvalue weighted by molar-refractivity contribution is 8.76. The summed E-state index contributed by atoms with van der Waals surface area (Å²) in [6, 6.07) is 9.29. The number of nitrogens with one attached hydrogen (secondary N) is 9. The molecule has 0 aliphatic carbocycles. The Labute approximate surface area is 470 Å². The van der Waals surface area contributed by atoms with Crippen molar-refractivity contribution < 1.29 is 63.6 Å². The molecule has 0 bridgehead atoms. The van der Waals surface area contributed by atoms with Crippen molar-refractivity contribution in [2.45, 2.75) is 132 Å². The number of fused-ring (bicyclic) bond motifs is 1. The number of carbonyl (C=O) groups is 9.